The molecule has 1 aromatic carbocycles. The molecular weight excluding hydrogens is 158 g/mol. The van der Waals surface area contributed by atoms with E-state index in [0.717, 1.165) is 6.42 Å². The summed E-state index contributed by atoms with van der Waals surface area (Å²) >= 11 is 0. The molecule has 0 aliphatic carbocycles. The van der Waals surface area contributed by atoms with Gasteiger partial charge in [-0.3, -0.25) is 0 Å². The van der Waals surface area contributed by atoms with Gasteiger partial charge in [-0.05, 0) is 23.9 Å². The van der Waals surface area contributed by atoms with Crippen LogP contribution in [-0.4, -0.2) is 4.98 Å². The maximum atomic E-state index is 3.68. The number of aromatic amines is 1. The molecule has 1 heteroatoms. The summed E-state index contributed by atoms with van der Waals surface area (Å²) in [6.07, 6.45) is 4.94. The number of para-hydroxylation sites is 1. The lowest BCUT2D eigenvalue weighted by Gasteiger charge is -1.89. The molecule has 2 aromatic rings. The van der Waals surface area contributed by atoms with Crippen molar-refractivity contribution < 1.29 is 0 Å². The zero-order chi connectivity index (χ0) is 9.10. The van der Waals surface area contributed by atoms with Crippen LogP contribution in [0, 0.1) is 6.42 Å². The Morgan fingerprint density at radius 2 is 2.15 bits per heavy atom. The first-order valence-corrected chi connectivity index (χ1v) is 4.42. The monoisotopic (exact) mass is 170 g/mol. The van der Waals surface area contributed by atoms with Crippen molar-refractivity contribution in [1.29, 1.82) is 0 Å². The van der Waals surface area contributed by atoms with Gasteiger partial charge in [0, 0.05) is 17.6 Å². The van der Waals surface area contributed by atoms with Crippen molar-refractivity contribution in [3.8, 4) is 0 Å². The van der Waals surface area contributed by atoms with Crippen LogP contribution in [0.4, 0.5) is 0 Å². The molecule has 2 rings (SSSR count). The Morgan fingerprint density at radius 3 is 2.92 bits per heavy atom. The van der Waals surface area contributed by atoms with Gasteiger partial charge in [0.1, 0.15) is 0 Å². The topological polar surface area (TPSA) is 15.8 Å². The second kappa shape index (κ2) is 3.48. The molecule has 0 aliphatic rings. The number of hydrogen-bond acceptors (Lipinski definition) is 0. The summed E-state index contributed by atoms with van der Waals surface area (Å²) in [5.74, 6) is 0. The zero-order valence-electron chi connectivity index (χ0n) is 7.46. The van der Waals surface area contributed by atoms with E-state index in [1.165, 1.54) is 16.6 Å². The molecule has 0 saturated heterocycles. The van der Waals surface area contributed by atoms with Crippen molar-refractivity contribution in [3.05, 3.63) is 55.1 Å². The molecule has 0 amide bonds. The molecule has 1 heterocycles. The van der Waals surface area contributed by atoms with Crippen LogP contribution in [-0.2, 0) is 0 Å². The Morgan fingerprint density at radius 1 is 1.31 bits per heavy atom. The number of benzene rings is 1. The molecule has 0 unspecified atom stereocenters. The number of nitrogens with one attached hydrogen (secondary N) is 1. The van der Waals surface area contributed by atoms with Crippen molar-refractivity contribution in [2.75, 3.05) is 0 Å². The van der Waals surface area contributed by atoms with E-state index in [-0.39, 0.29) is 0 Å². The third-order valence-corrected chi connectivity index (χ3v) is 2.06. The highest BCUT2D eigenvalue weighted by atomic mass is 14.7. The minimum Gasteiger partial charge on any atom is -0.358 e. The second-order valence-corrected chi connectivity index (χ2v) is 3.04. The first-order chi connectivity index (χ1) is 6.40. The maximum Gasteiger partial charge on any atom is 0.0456 e. The summed E-state index contributed by atoms with van der Waals surface area (Å²) in [6, 6.07) is 10.4. The molecule has 0 aliphatic heterocycles. The minimum atomic E-state index is 0.910. The standard InChI is InChI=1S/C12H12N/c1-2-3-7-11-9-10-6-4-5-8-12(10)13-11/h2,4-9,13H,1,3H2. The molecule has 0 saturated carbocycles. The summed E-state index contributed by atoms with van der Waals surface area (Å²) in [5, 5.41) is 1.26. The molecule has 65 valence electrons. The van der Waals surface area contributed by atoms with Gasteiger partial charge in [-0.15, -0.1) is 6.58 Å². The van der Waals surface area contributed by atoms with Crippen LogP contribution in [0.15, 0.2) is 43.0 Å². The van der Waals surface area contributed by atoms with E-state index >= 15 is 0 Å². The quantitative estimate of drug-likeness (QED) is 0.680. The fourth-order valence-corrected chi connectivity index (χ4v) is 1.42. The average molecular weight is 170 g/mol. The van der Waals surface area contributed by atoms with Crippen LogP contribution >= 0.6 is 0 Å². The van der Waals surface area contributed by atoms with Crippen LogP contribution < -0.4 is 0 Å². The normalized spacial score (nSPS) is 10.5. The maximum absolute atomic E-state index is 3.68. The Hall–Kier alpha value is -1.50. The van der Waals surface area contributed by atoms with E-state index in [4.69, 9.17) is 0 Å². The van der Waals surface area contributed by atoms with E-state index in [0.29, 0.717) is 0 Å². The lowest BCUT2D eigenvalue weighted by molar-refractivity contribution is 1.19. The highest BCUT2D eigenvalue weighted by Crippen LogP contribution is 2.16. The predicted octanol–water partition coefficient (Wildman–Crippen LogP) is 3.30. The SMILES string of the molecule is C=CC[CH]c1cc2ccccc2[nH]1. The van der Waals surface area contributed by atoms with Crippen LogP contribution in [0.3, 0.4) is 0 Å². The van der Waals surface area contributed by atoms with Gasteiger partial charge in [-0.1, -0.05) is 24.3 Å². The zero-order valence-corrected chi connectivity index (χ0v) is 7.46. The van der Waals surface area contributed by atoms with Crippen LogP contribution in [0.1, 0.15) is 12.1 Å². The molecule has 1 radical (unpaired) electrons. The summed E-state index contributed by atoms with van der Waals surface area (Å²) in [4.78, 5) is 3.33. The van der Waals surface area contributed by atoms with Gasteiger partial charge in [-0.25, -0.2) is 0 Å². The number of H-pyrrole nitrogens is 1. The third kappa shape index (κ3) is 1.64. The van der Waals surface area contributed by atoms with Crippen LogP contribution in [0.25, 0.3) is 10.9 Å². The number of allylic oxidation sites excluding steroid dienone is 1. The lowest BCUT2D eigenvalue weighted by atomic mass is 10.2. The number of rotatable bonds is 3. The largest absolute Gasteiger partial charge is 0.358 e. The van der Waals surface area contributed by atoms with Crippen LogP contribution in [0.5, 0.6) is 0 Å². The first kappa shape index (κ1) is 8.11. The fraction of sp³-hybridized carbons (Fsp3) is 0.0833. The van der Waals surface area contributed by atoms with Gasteiger partial charge in [0.25, 0.3) is 0 Å². The molecule has 13 heavy (non-hydrogen) atoms. The molecule has 0 atom stereocenters. The Balaban J connectivity index is 2.32. The summed E-state index contributed by atoms with van der Waals surface area (Å²) in [7, 11) is 0. The average Bonchev–Trinajstić information content (AvgIpc) is 2.57. The number of hydrogen-bond donors (Lipinski definition) is 1. The van der Waals surface area contributed by atoms with E-state index < -0.39 is 0 Å². The molecule has 1 aromatic heterocycles. The second-order valence-electron chi connectivity index (χ2n) is 3.04. The molecule has 0 fully saturated rings. The van der Waals surface area contributed by atoms with E-state index in [1.54, 1.807) is 0 Å². The summed E-state index contributed by atoms with van der Waals surface area (Å²) in [6.45, 7) is 3.68. The van der Waals surface area contributed by atoms with E-state index in [1.807, 2.05) is 18.2 Å². The Kier molecular flexibility index (Phi) is 2.17. The van der Waals surface area contributed by atoms with Crippen molar-refractivity contribution >= 4 is 10.9 Å². The highest BCUT2D eigenvalue weighted by Gasteiger charge is 1.97. The number of fused-ring (bicyclic) bond motifs is 1. The van der Waals surface area contributed by atoms with Gasteiger partial charge in [-0.2, -0.15) is 0 Å². The highest BCUT2D eigenvalue weighted by molar-refractivity contribution is 5.80. The molecular formula is C12H12N. The Labute approximate surface area is 78.1 Å². The number of aromatic nitrogens is 1. The molecule has 0 bridgehead atoms. The van der Waals surface area contributed by atoms with E-state index in [9.17, 15) is 0 Å². The smallest absolute Gasteiger partial charge is 0.0456 e. The molecule has 1 N–H and O–H groups in total. The third-order valence-electron chi connectivity index (χ3n) is 2.06. The predicted molar refractivity (Wildman–Crippen MR) is 56.5 cm³/mol. The van der Waals surface area contributed by atoms with Crippen molar-refractivity contribution in [3.63, 3.8) is 0 Å². The van der Waals surface area contributed by atoms with Crippen molar-refractivity contribution in [2.24, 2.45) is 0 Å². The van der Waals surface area contributed by atoms with E-state index in [2.05, 4.69) is 36.2 Å². The lowest BCUT2D eigenvalue weighted by Crippen LogP contribution is -1.77. The van der Waals surface area contributed by atoms with Gasteiger partial charge in [0.05, 0.1) is 0 Å². The van der Waals surface area contributed by atoms with Gasteiger partial charge in [0.2, 0.25) is 0 Å². The molecule has 1 nitrogen and oxygen atoms in total. The summed E-state index contributed by atoms with van der Waals surface area (Å²) < 4.78 is 0. The van der Waals surface area contributed by atoms with Gasteiger partial charge in [0.15, 0.2) is 0 Å². The Bertz CT molecular complexity index is 379. The molecule has 0 spiro atoms. The van der Waals surface area contributed by atoms with Gasteiger partial charge >= 0.3 is 0 Å². The van der Waals surface area contributed by atoms with Gasteiger partial charge < -0.3 is 4.98 Å². The van der Waals surface area contributed by atoms with Crippen molar-refractivity contribution in [2.45, 2.75) is 6.42 Å². The minimum absolute atomic E-state index is 0.910. The van der Waals surface area contributed by atoms with Crippen molar-refractivity contribution in [1.82, 2.24) is 4.98 Å². The first-order valence-electron chi connectivity index (χ1n) is 4.42. The fourth-order valence-electron chi connectivity index (χ4n) is 1.42. The van der Waals surface area contributed by atoms with Crippen LogP contribution in [0.2, 0.25) is 0 Å². The summed E-state index contributed by atoms with van der Waals surface area (Å²) in [5.41, 5.74) is 2.36.